The van der Waals surface area contributed by atoms with Gasteiger partial charge in [-0.25, -0.2) is 0 Å². The topological polar surface area (TPSA) is 47.2 Å². The monoisotopic (exact) mass is 419 g/mol. The molecule has 1 heterocycles. The highest BCUT2D eigenvalue weighted by Gasteiger charge is 2.25. The zero-order chi connectivity index (χ0) is 21.5. The van der Waals surface area contributed by atoms with Crippen LogP contribution in [0, 0.1) is 0 Å². The van der Waals surface area contributed by atoms with E-state index in [4.69, 9.17) is 4.74 Å². The Bertz CT molecular complexity index is 979. The molecule has 5 heteroatoms. The van der Waals surface area contributed by atoms with E-state index in [-0.39, 0.29) is 11.9 Å². The molecule has 1 aliphatic heterocycles. The van der Waals surface area contributed by atoms with Gasteiger partial charge < -0.3 is 19.9 Å². The fraction of sp³-hybridized carbons (Fsp3) is 0.346. The average molecular weight is 420 g/mol. The summed E-state index contributed by atoms with van der Waals surface area (Å²) >= 11 is 0. The Morgan fingerprint density at radius 3 is 2.39 bits per heavy atom. The van der Waals surface area contributed by atoms with E-state index in [9.17, 15) is 4.79 Å². The highest BCUT2D eigenvalue weighted by Crippen LogP contribution is 2.23. The highest BCUT2D eigenvalue weighted by molar-refractivity contribution is 5.87. The van der Waals surface area contributed by atoms with Crippen LogP contribution in [-0.2, 0) is 4.79 Å². The van der Waals surface area contributed by atoms with Crippen molar-refractivity contribution in [2.45, 2.75) is 13.0 Å². The molecule has 162 valence electrons. The summed E-state index contributed by atoms with van der Waals surface area (Å²) in [4.78, 5) is 15.6. The van der Waals surface area contributed by atoms with Crippen LogP contribution in [0.15, 0.2) is 72.8 Å². The van der Waals surface area contributed by atoms with Gasteiger partial charge in [0.05, 0.1) is 6.04 Å². The van der Waals surface area contributed by atoms with Gasteiger partial charge in [0.2, 0.25) is 0 Å². The molecule has 0 radical (unpaired) electrons. The number of quaternary nitrogens is 2. The molecule has 31 heavy (non-hydrogen) atoms. The van der Waals surface area contributed by atoms with Gasteiger partial charge in [-0.15, -0.1) is 0 Å². The molecule has 4 rings (SSSR count). The molecule has 3 aromatic carbocycles. The van der Waals surface area contributed by atoms with E-state index in [1.54, 1.807) is 4.90 Å². The van der Waals surface area contributed by atoms with Crippen LogP contribution in [0.25, 0.3) is 10.8 Å². The number of benzene rings is 3. The van der Waals surface area contributed by atoms with Crippen molar-refractivity contribution < 1.29 is 19.3 Å². The first kappa shape index (κ1) is 21.3. The lowest BCUT2D eigenvalue weighted by atomic mass is 10.00. The van der Waals surface area contributed by atoms with Crippen molar-refractivity contribution in [2.24, 2.45) is 0 Å². The fourth-order valence-electron chi connectivity index (χ4n) is 4.44. The number of fused-ring (bicyclic) bond motifs is 1. The summed E-state index contributed by atoms with van der Waals surface area (Å²) in [6, 6.07) is 24.6. The van der Waals surface area contributed by atoms with Crippen molar-refractivity contribution in [3.8, 4) is 5.75 Å². The lowest BCUT2D eigenvalue weighted by molar-refractivity contribution is -1.01. The number of hydrogen-bond donors (Lipinski definition) is 3. The van der Waals surface area contributed by atoms with Crippen LogP contribution in [0.5, 0.6) is 5.75 Å². The molecule has 0 spiro atoms. The largest absolute Gasteiger partial charge is 0.488 e. The van der Waals surface area contributed by atoms with Crippen LogP contribution < -0.4 is 19.9 Å². The molecule has 0 aliphatic carbocycles. The summed E-state index contributed by atoms with van der Waals surface area (Å²) in [5.74, 6) is 1.06. The maximum absolute atomic E-state index is 12.7. The van der Waals surface area contributed by atoms with Gasteiger partial charge in [-0.2, -0.15) is 0 Å². The minimum atomic E-state index is 0.0000457. The third-order valence-electron chi connectivity index (χ3n) is 6.21. The molecular formula is C26H33N3O2+2. The van der Waals surface area contributed by atoms with Crippen LogP contribution in [-0.4, -0.2) is 51.8 Å². The number of nitrogens with one attached hydrogen (secondary N) is 3. The summed E-state index contributed by atoms with van der Waals surface area (Å²) in [6.07, 6.45) is 0. The number of amides is 1. The molecule has 3 aromatic rings. The number of hydrogen-bond acceptors (Lipinski definition) is 2. The van der Waals surface area contributed by atoms with Crippen LogP contribution in [0.2, 0.25) is 0 Å². The first-order valence-electron chi connectivity index (χ1n) is 11.3. The van der Waals surface area contributed by atoms with Gasteiger partial charge in [-0.05, 0) is 35.4 Å². The average Bonchev–Trinajstić information content (AvgIpc) is 2.80. The maximum Gasteiger partial charge on any atom is 0.275 e. The fourth-order valence-corrected chi connectivity index (χ4v) is 4.44. The van der Waals surface area contributed by atoms with Crippen molar-refractivity contribution in [2.75, 3.05) is 45.9 Å². The SMILES string of the molecule is C[C@@H](NC(=O)C[NH+]1CC[NH+](CCOc2ccccc2)CC1)c1cccc2ccccc12. The second kappa shape index (κ2) is 10.4. The summed E-state index contributed by atoms with van der Waals surface area (Å²) in [6.45, 7) is 8.57. The molecule has 0 aromatic heterocycles. The summed E-state index contributed by atoms with van der Waals surface area (Å²) < 4.78 is 5.82. The van der Waals surface area contributed by atoms with E-state index in [1.165, 1.54) is 21.2 Å². The second-order valence-corrected chi connectivity index (χ2v) is 8.45. The molecule has 1 atom stereocenters. The highest BCUT2D eigenvalue weighted by atomic mass is 16.5. The normalized spacial score (nSPS) is 19.6. The van der Waals surface area contributed by atoms with Crippen LogP contribution in [0.1, 0.15) is 18.5 Å². The lowest BCUT2D eigenvalue weighted by Crippen LogP contribution is -3.28. The number of rotatable bonds is 8. The summed E-state index contributed by atoms with van der Waals surface area (Å²) in [7, 11) is 0. The number of para-hydroxylation sites is 1. The van der Waals surface area contributed by atoms with Gasteiger partial charge in [-0.3, -0.25) is 4.79 Å². The van der Waals surface area contributed by atoms with E-state index in [2.05, 4.69) is 48.6 Å². The summed E-state index contributed by atoms with van der Waals surface area (Å²) in [5.41, 5.74) is 1.18. The summed E-state index contributed by atoms with van der Waals surface area (Å²) in [5, 5.41) is 5.63. The molecule has 1 fully saturated rings. The molecule has 1 amide bonds. The zero-order valence-corrected chi connectivity index (χ0v) is 18.3. The maximum atomic E-state index is 12.7. The molecule has 0 bridgehead atoms. The van der Waals surface area contributed by atoms with Gasteiger partial charge in [0.1, 0.15) is 45.1 Å². The molecule has 1 aliphatic rings. The Hall–Kier alpha value is -2.89. The van der Waals surface area contributed by atoms with Crippen molar-refractivity contribution in [1.29, 1.82) is 0 Å². The molecule has 1 saturated heterocycles. The zero-order valence-electron chi connectivity index (χ0n) is 18.3. The Morgan fingerprint density at radius 1 is 0.903 bits per heavy atom. The number of carbonyl (C=O) groups is 1. The van der Waals surface area contributed by atoms with E-state index in [0.29, 0.717) is 6.54 Å². The minimum Gasteiger partial charge on any atom is -0.488 e. The van der Waals surface area contributed by atoms with Gasteiger partial charge in [0, 0.05) is 0 Å². The second-order valence-electron chi connectivity index (χ2n) is 8.45. The third kappa shape index (κ3) is 5.84. The molecular weight excluding hydrogens is 386 g/mol. The standard InChI is InChI=1S/C26H31N3O2/c1-21(24-13-7-9-22-8-5-6-12-25(22)24)27-26(30)20-29-16-14-28(15-17-29)18-19-31-23-10-3-2-4-11-23/h2-13,21H,14-20H2,1H3,(H,27,30)/p+2/t21-/m1/s1. The number of ether oxygens (including phenoxy) is 1. The Balaban J connectivity index is 1.20. The van der Waals surface area contributed by atoms with Gasteiger partial charge in [-0.1, -0.05) is 60.7 Å². The van der Waals surface area contributed by atoms with Crippen LogP contribution >= 0.6 is 0 Å². The van der Waals surface area contributed by atoms with Crippen molar-refractivity contribution in [3.05, 3.63) is 78.4 Å². The molecule has 3 N–H and O–H groups in total. The molecule has 5 nitrogen and oxygen atoms in total. The molecule has 0 saturated carbocycles. The van der Waals surface area contributed by atoms with E-state index in [1.807, 2.05) is 36.4 Å². The predicted molar refractivity (Wildman–Crippen MR) is 124 cm³/mol. The first-order valence-corrected chi connectivity index (χ1v) is 11.3. The van der Waals surface area contributed by atoms with Crippen molar-refractivity contribution >= 4 is 16.7 Å². The lowest BCUT2D eigenvalue weighted by Gasteiger charge is -2.29. The van der Waals surface area contributed by atoms with Gasteiger partial charge in [0.15, 0.2) is 6.54 Å². The van der Waals surface area contributed by atoms with Crippen LogP contribution in [0.3, 0.4) is 0 Å². The minimum absolute atomic E-state index is 0.0000457. The van der Waals surface area contributed by atoms with E-state index >= 15 is 0 Å². The number of carbonyl (C=O) groups excluding carboxylic acids is 1. The van der Waals surface area contributed by atoms with E-state index < -0.39 is 0 Å². The Kier molecular flexibility index (Phi) is 7.18. The Morgan fingerprint density at radius 2 is 1.58 bits per heavy atom. The van der Waals surface area contributed by atoms with Crippen LogP contribution in [0.4, 0.5) is 0 Å². The predicted octanol–water partition coefficient (Wildman–Crippen LogP) is 0.879. The number of piperazine rings is 1. The van der Waals surface area contributed by atoms with E-state index in [0.717, 1.165) is 45.1 Å². The third-order valence-corrected chi connectivity index (χ3v) is 6.21. The smallest absolute Gasteiger partial charge is 0.275 e. The van der Waals surface area contributed by atoms with Crippen molar-refractivity contribution in [1.82, 2.24) is 5.32 Å². The van der Waals surface area contributed by atoms with Crippen molar-refractivity contribution in [3.63, 3.8) is 0 Å². The van der Waals surface area contributed by atoms with Gasteiger partial charge in [0.25, 0.3) is 5.91 Å². The Labute approximate surface area is 184 Å². The quantitative estimate of drug-likeness (QED) is 0.508. The van der Waals surface area contributed by atoms with Gasteiger partial charge >= 0.3 is 0 Å². The first-order chi connectivity index (χ1) is 15.2. The molecule has 0 unspecified atom stereocenters.